The minimum Gasteiger partial charge on any atom is -0.381 e. The molecule has 0 atom stereocenters. The average molecular weight is 172 g/mol. The fourth-order valence-corrected chi connectivity index (χ4v) is 1.80. The molecule has 0 amide bonds. The molecule has 2 radical (unpaired) electrons. The lowest BCUT2D eigenvalue weighted by molar-refractivity contribution is 0.0258. The average Bonchev–Trinajstić information content (AvgIpc) is 2.06. The lowest BCUT2D eigenvalue weighted by Crippen LogP contribution is -2.28. The van der Waals surface area contributed by atoms with Crippen molar-refractivity contribution in [2.45, 2.75) is 24.9 Å². The van der Waals surface area contributed by atoms with Crippen LogP contribution in [0.1, 0.15) is 24.3 Å². The van der Waals surface area contributed by atoms with E-state index in [1.807, 2.05) is 12.1 Å². The summed E-state index contributed by atoms with van der Waals surface area (Å²) in [5.74, 6) is 0.686. The molecular weight excluding hydrogens is 159 g/mol. The van der Waals surface area contributed by atoms with Crippen molar-refractivity contribution in [3.63, 3.8) is 0 Å². The largest absolute Gasteiger partial charge is 0.381 e. The van der Waals surface area contributed by atoms with E-state index in [0.29, 0.717) is 12.0 Å². The third-order valence-corrected chi connectivity index (χ3v) is 2.84. The first kappa shape index (κ1) is 8.83. The minimum absolute atomic E-state index is 0.475. The predicted molar refractivity (Wildman–Crippen MR) is 54.6 cm³/mol. The molecule has 1 aromatic carbocycles. The molecule has 0 unspecified atom stereocenters. The van der Waals surface area contributed by atoms with Crippen LogP contribution >= 0.6 is 0 Å². The minimum atomic E-state index is 0.475. The van der Waals surface area contributed by atoms with Gasteiger partial charge in [0.25, 0.3) is 0 Å². The SMILES string of the molecule is [B]c1ccc(C2CC(OC)C2)cc1. The summed E-state index contributed by atoms with van der Waals surface area (Å²) in [6, 6.07) is 8.17. The van der Waals surface area contributed by atoms with E-state index in [2.05, 4.69) is 12.1 Å². The molecular formula is C11H13BO. The molecule has 2 heteroatoms. The Hall–Kier alpha value is -0.755. The standard InChI is InChI=1S/C11H13BO/c1-13-11-6-9(7-11)8-2-4-10(12)5-3-8/h2-5,9,11H,6-7H2,1H3. The quantitative estimate of drug-likeness (QED) is 0.612. The van der Waals surface area contributed by atoms with Crippen LogP contribution in [0.5, 0.6) is 0 Å². The van der Waals surface area contributed by atoms with Crippen LogP contribution in [0, 0.1) is 0 Å². The third kappa shape index (κ3) is 1.78. The number of methoxy groups -OCH3 is 1. The predicted octanol–water partition coefficient (Wildman–Crippen LogP) is 1.37. The van der Waals surface area contributed by atoms with Crippen molar-refractivity contribution in [2.24, 2.45) is 0 Å². The summed E-state index contributed by atoms with van der Waals surface area (Å²) < 4.78 is 5.24. The second-order valence-corrected chi connectivity index (χ2v) is 3.69. The van der Waals surface area contributed by atoms with E-state index in [0.717, 1.165) is 18.3 Å². The molecule has 1 aliphatic carbocycles. The van der Waals surface area contributed by atoms with Gasteiger partial charge < -0.3 is 4.74 Å². The molecule has 2 rings (SSSR count). The second kappa shape index (κ2) is 3.55. The molecule has 0 bridgehead atoms. The maximum atomic E-state index is 5.62. The summed E-state index contributed by atoms with van der Waals surface area (Å²) >= 11 is 0. The Kier molecular flexibility index (Phi) is 2.41. The zero-order valence-corrected chi connectivity index (χ0v) is 7.86. The van der Waals surface area contributed by atoms with Crippen LogP contribution in [-0.2, 0) is 4.74 Å². The van der Waals surface area contributed by atoms with E-state index >= 15 is 0 Å². The number of ether oxygens (including phenoxy) is 1. The van der Waals surface area contributed by atoms with Gasteiger partial charge in [0.2, 0.25) is 0 Å². The fraction of sp³-hybridized carbons (Fsp3) is 0.455. The first-order valence-corrected chi connectivity index (χ1v) is 4.68. The number of benzene rings is 1. The first-order valence-electron chi connectivity index (χ1n) is 4.68. The highest BCUT2D eigenvalue weighted by Crippen LogP contribution is 2.37. The topological polar surface area (TPSA) is 9.23 Å². The van der Waals surface area contributed by atoms with Gasteiger partial charge >= 0.3 is 0 Å². The van der Waals surface area contributed by atoms with Gasteiger partial charge in [-0.1, -0.05) is 29.7 Å². The Labute approximate surface area is 80.5 Å². The van der Waals surface area contributed by atoms with Crippen LogP contribution in [0.4, 0.5) is 0 Å². The number of hydrogen-bond donors (Lipinski definition) is 0. The molecule has 66 valence electrons. The highest BCUT2D eigenvalue weighted by Gasteiger charge is 2.29. The van der Waals surface area contributed by atoms with Crippen LogP contribution in [0.25, 0.3) is 0 Å². The summed E-state index contributed by atoms with van der Waals surface area (Å²) in [6.07, 6.45) is 2.78. The van der Waals surface area contributed by atoms with Crippen molar-refractivity contribution in [1.82, 2.24) is 0 Å². The first-order chi connectivity index (χ1) is 6.29. The van der Waals surface area contributed by atoms with Crippen molar-refractivity contribution < 1.29 is 4.74 Å². The lowest BCUT2D eigenvalue weighted by atomic mass is 9.77. The van der Waals surface area contributed by atoms with Gasteiger partial charge in [0, 0.05) is 7.11 Å². The van der Waals surface area contributed by atoms with Gasteiger partial charge in [0.05, 0.1) is 6.10 Å². The molecule has 0 aliphatic heterocycles. The van der Waals surface area contributed by atoms with Crippen LogP contribution in [-0.4, -0.2) is 21.1 Å². The maximum Gasteiger partial charge on any atom is 0.113 e. The van der Waals surface area contributed by atoms with Gasteiger partial charge in [-0.05, 0) is 24.3 Å². The van der Waals surface area contributed by atoms with Crippen LogP contribution in [0.3, 0.4) is 0 Å². The number of hydrogen-bond acceptors (Lipinski definition) is 1. The van der Waals surface area contributed by atoms with Crippen LogP contribution in [0.15, 0.2) is 24.3 Å². The summed E-state index contributed by atoms with van der Waals surface area (Å²) in [7, 11) is 7.40. The van der Waals surface area contributed by atoms with E-state index in [1.165, 1.54) is 5.56 Å². The highest BCUT2D eigenvalue weighted by molar-refractivity contribution is 6.32. The van der Waals surface area contributed by atoms with E-state index in [1.54, 1.807) is 7.11 Å². The van der Waals surface area contributed by atoms with Gasteiger partial charge in [-0.2, -0.15) is 0 Å². The van der Waals surface area contributed by atoms with Gasteiger partial charge in [-0.25, -0.2) is 0 Å². The molecule has 1 aliphatic rings. The summed E-state index contributed by atoms with van der Waals surface area (Å²) in [5.41, 5.74) is 2.23. The maximum absolute atomic E-state index is 5.62. The van der Waals surface area contributed by atoms with Crippen LogP contribution in [0.2, 0.25) is 0 Å². The molecule has 0 aromatic heterocycles. The molecule has 0 heterocycles. The molecule has 0 spiro atoms. The zero-order chi connectivity index (χ0) is 9.26. The monoisotopic (exact) mass is 172 g/mol. The van der Waals surface area contributed by atoms with Crippen molar-refractivity contribution >= 4 is 13.3 Å². The van der Waals surface area contributed by atoms with Crippen molar-refractivity contribution in [3.05, 3.63) is 29.8 Å². The van der Waals surface area contributed by atoms with Gasteiger partial charge in [-0.3, -0.25) is 0 Å². The molecule has 13 heavy (non-hydrogen) atoms. The van der Waals surface area contributed by atoms with Gasteiger partial charge in [0.15, 0.2) is 0 Å². The molecule has 1 saturated carbocycles. The normalized spacial score (nSPS) is 26.8. The van der Waals surface area contributed by atoms with Crippen molar-refractivity contribution in [3.8, 4) is 0 Å². The van der Waals surface area contributed by atoms with Crippen molar-refractivity contribution in [2.75, 3.05) is 7.11 Å². The molecule has 1 aromatic rings. The van der Waals surface area contributed by atoms with Crippen LogP contribution < -0.4 is 5.46 Å². The Balaban J connectivity index is 1.99. The zero-order valence-electron chi connectivity index (χ0n) is 7.86. The fourth-order valence-electron chi connectivity index (χ4n) is 1.80. The Morgan fingerprint density at radius 1 is 1.23 bits per heavy atom. The van der Waals surface area contributed by atoms with Gasteiger partial charge in [-0.15, -0.1) is 0 Å². The second-order valence-electron chi connectivity index (χ2n) is 3.69. The highest BCUT2D eigenvalue weighted by atomic mass is 16.5. The summed E-state index contributed by atoms with van der Waals surface area (Å²) in [5, 5.41) is 0. The third-order valence-electron chi connectivity index (χ3n) is 2.84. The van der Waals surface area contributed by atoms with E-state index in [9.17, 15) is 0 Å². The molecule has 1 fully saturated rings. The van der Waals surface area contributed by atoms with Crippen molar-refractivity contribution in [1.29, 1.82) is 0 Å². The summed E-state index contributed by atoms with van der Waals surface area (Å²) in [6.45, 7) is 0. The summed E-state index contributed by atoms with van der Waals surface area (Å²) in [4.78, 5) is 0. The molecule has 0 N–H and O–H groups in total. The van der Waals surface area contributed by atoms with E-state index in [-0.39, 0.29) is 0 Å². The Bertz CT molecular complexity index is 275. The molecule has 1 nitrogen and oxygen atoms in total. The Morgan fingerprint density at radius 3 is 2.38 bits per heavy atom. The number of rotatable bonds is 2. The van der Waals surface area contributed by atoms with Gasteiger partial charge in [0.1, 0.15) is 7.85 Å². The van der Waals surface area contributed by atoms with E-state index in [4.69, 9.17) is 12.6 Å². The van der Waals surface area contributed by atoms with E-state index < -0.39 is 0 Å². The Morgan fingerprint density at radius 2 is 1.85 bits per heavy atom. The lowest BCUT2D eigenvalue weighted by Gasteiger charge is -2.34. The smallest absolute Gasteiger partial charge is 0.113 e. The molecule has 0 saturated heterocycles.